The number of para-hydroxylation sites is 2. The second-order valence-corrected chi connectivity index (χ2v) is 15.5. The quantitative estimate of drug-likeness (QED) is 0.162. The van der Waals surface area contributed by atoms with Gasteiger partial charge in [0.05, 0.1) is 32.5 Å². The summed E-state index contributed by atoms with van der Waals surface area (Å²) in [5, 5.41) is 7.62. The molecule has 0 aliphatic rings. The average molecular weight is 721 g/mol. The summed E-state index contributed by atoms with van der Waals surface area (Å²) >= 11 is 1.89. The maximum absolute atomic E-state index is 3.98. The third-order valence-electron chi connectivity index (χ3n) is 11.4. The Morgan fingerprint density at radius 1 is 0.473 bits per heavy atom. The molecule has 0 unspecified atom stereocenters. The highest BCUT2D eigenvalue weighted by atomic mass is 32.1. The summed E-state index contributed by atoms with van der Waals surface area (Å²) in [4.78, 5) is 0. The lowest BCUT2D eigenvalue weighted by molar-refractivity contribution is 1.14. The van der Waals surface area contributed by atoms with Gasteiger partial charge in [0.15, 0.2) is 0 Å². The van der Waals surface area contributed by atoms with Crippen molar-refractivity contribution in [3.8, 4) is 33.6 Å². The molecular weight excluding hydrogens is 685 g/mol. The minimum absolute atomic E-state index is 1.03. The van der Waals surface area contributed by atoms with Crippen LogP contribution in [0.5, 0.6) is 0 Å². The molecule has 0 aliphatic carbocycles. The largest absolute Gasteiger partial charge is 0.309 e. The molecule has 3 aromatic heterocycles. The second-order valence-electron chi connectivity index (χ2n) is 14.5. The van der Waals surface area contributed by atoms with Crippen LogP contribution in [0.15, 0.2) is 176 Å². The topological polar surface area (TPSA) is 9.86 Å². The van der Waals surface area contributed by atoms with Gasteiger partial charge in [0.1, 0.15) is 0 Å². The number of rotatable bonds is 6. The minimum atomic E-state index is 1.03. The van der Waals surface area contributed by atoms with Gasteiger partial charge in [0.25, 0.3) is 0 Å². The lowest BCUT2D eigenvalue weighted by atomic mass is 10.00. The molecule has 55 heavy (non-hydrogen) atoms. The summed E-state index contributed by atoms with van der Waals surface area (Å²) in [6.45, 7) is 6.20. The lowest BCUT2D eigenvalue weighted by Gasteiger charge is -2.10. The molecule has 0 spiro atoms. The monoisotopic (exact) mass is 720 g/mol. The Hall–Kier alpha value is -6.68. The van der Waals surface area contributed by atoms with Crippen LogP contribution in [0.2, 0.25) is 0 Å². The molecule has 260 valence electrons. The van der Waals surface area contributed by atoms with E-state index >= 15 is 0 Å². The number of fused-ring (bicyclic) bond motifs is 9. The van der Waals surface area contributed by atoms with Crippen LogP contribution < -0.4 is 0 Å². The normalized spacial score (nSPS) is 11.9. The Morgan fingerprint density at radius 3 is 1.80 bits per heavy atom. The molecule has 0 saturated carbocycles. The second kappa shape index (κ2) is 12.4. The minimum Gasteiger partial charge on any atom is -0.309 e. The number of benzene rings is 8. The highest BCUT2D eigenvalue weighted by Gasteiger charge is 2.19. The van der Waals surface area contributed by atoms with E-state index in [0.29, 0.717) is 0 Å². The highest BCUT2D eigenvalue weighted by molar-refractivity contribution is 7.26. The number of thiophene rings is 1. The molecule has 11 rings (SSSR count). The first-order chi connectivity index (χ1) is 27.2. The van der Waals surface area contributed by atoms with Crippen molar-refractivity contribution in [2.24, 2.45) is 0 Å². The summed E-state index contributed by atoms with van der Waals surface area (Å²) < 4.78 is 7.49. The number of aryl methyl sites for hydroxylation is 1. The first-order valence-corrected chi connectivity index (χ1v) is 19.8. The maximum Gasteiger partial charge on any atom is 0.0640 e. The Morgan fingerprint density at radius 2 is 1.07 bits per heavy atom. The van der Waals surface area contributed by atoms with Crippen molar-refractivity contribution < 1.29 is 0 Å². The Balaban J connectivity index is 1.09. The Bertz CT molecular complexity index is 3330. The molecule has 2 nitrogen and oxygen atoms in total. The molecule has 0 aliphatic heterocycles. The van der Waals surface area contributed by atoms with Gasteiger partial charge in [-0.2, -0.15) is 0 Å². The molecule has 0 N–H and O–H groups in total. The molecule has 3 heteroatoms. The van der Waals surface area contributed by atoms with Gasteiger partial charge in [-0.1, -0.05) is 123 Å². The van der Waals surface area contributed by atoms with Crippen molar-refractivity contribution in [3.63, 3.8) is 0 Å². The molecule has 8 aromatic carbocycles. The fraction of sp³-hybridized carbons (Fsp3) is 0.0385. The average Bonchev–Trinajstić information content (AvgIpc) is 3.90. The van der Waals surface area contributed by atoms with Crippen LogP contribution in [0.4, 0.5) is 0 Å². The van der Waals surface area contributed by atoms with Crippen LogP contribution >= 0.6 is 11.3 Å². The van der Waals surface area contributed by atoms with Crippen molar-refractivity contribution in [1.82, 2.24) is 9.13 Å². The highest BCUT2D eigenvalue weighted by Crippen LogP contribution is 2.43. The van der Waals surface area contributed by atoms with Gasteiger partial charge < -0.3 is 9.13 Å². The number of aromatic nitrogens is 2. The van der Waals surface area contributed by atoms with Gasteiger partial charge in [0, 0.05) is 42.7 Å². The van der Waals surface area contributed by atoms with E-state index in [0.717, 1.165) is 12.0 Å². The SMILES string of the molecule is C=Cc1cccc(-c2ccc3c(c2)c2ccccc2n3-c2ccc3sc4c(-n5c6ccccc6c6cc(-c7cccc(CC)c7)ccc65)cccc4c3c2)c1. The summed E-state index contributed by atoms with van der Waals surface area (Å²) in [5.74, 6) is 0. The number of nitrogens with zero attached hydrogens (tertiary/aromatic N) is 2. The van der Waals surface area contributed by atoms with Crippen molar-refractivity contribution in [1.29, 1.82) is 0 Å². The molecule has 11 aromatic rings. The third-order valence-corrected chi connectivity index (χ3v) is 12.6. The first kappa shape index (κ1) is 31.8. The van der Waals surface area contributed by atoms with Crippen LogP contribution in [-0.2, 0) is 6.42 Å². The van der Waals surface area contributed by atoms with Crippen molar-refractivity contribution in [2.45, 2.75) is 13.3 Å². The molecule has 0 atom stereocenters. The van der Waals surface area contributed by atoms with Crippen molar-refractivity contribution in [2.75, 3.05) is 0 Å². The van der Waals surface area contributed by atoms with E-state index in [1.54, 1.807) is 0 Å². The van der Waals surface area contributed by atoms with Crippen LogP contribution in [0, 0.1) is 0 Å². The van der Waals surface area contributed by atoms with E-state index in [2.05, 4.69) is 192 Å². The zero-order valence-electron chi connectivity index (χ0n) is 30.5. The molecular formula is C52H36N2S. The van der Waals surface area contributed by atoms with E-state index in [-0.39, 0.29) is 0 Å². The molecule has 0 amide bonds. The van der Waals surface area contributed by atoms with Gasteiger partial charge in [0.2, 0.25) is 0 Å². The fourth-order valence-corrected chi connectivity index (χ4v) is 9.93. The zero-order chi connectivity index (χ0) is 36.6. The predicted molar refractivity (Wildman–Crippen MR) is 238 cm³/mol. The van der Waals surface area contributed by atoms with Crippen LogP contribution in [0.1, 0.15) is 18.1 Å². The number of hydrogen-bond acceptors (Lipinski definition) is 1. The van der Waals surface area contributed by atoms with E-state index in [1.807, 2.05) is 17.4 Å². The van der Waals surface area contributed by atoms with Gasteiger partial charge >= 0.3 is 0 Å². The van der Waals surface area contributed by atoms with Crippen LogP contribution in [0.25, 0.3) is 103 Å². The maximum atomic E-state index is 3.98. The van der Waals surface area contributed by atoms with Crippen LogP contribution in [-0.4, -0.2) is 9.13 Å². The van der Waals surface area contributed by atoms with Crippen molar-refractivity contribution in [3.05, 3.63) is 188 Å². The summed E-state index contributed by atoms with van der Waals surface area (Å²) in [7, 11) is 0. The molecule has 3 heterocycles. The van der Waals surface area contributed by atoms with E-state index in [1.165, 1.54) is 103 Å². The Kier molecular flexibility index (Phi) is 7.20. The summed E-state index contributed by atoms with van der Waals surface area (Å²) in [6, 6.07) is 62.9. The lowest BCUT2D eigenvalue weighted by Crippen LogP contribution is -1.94. The third kappa shape index (κ3) is 4.94. The summed E-state index contributed by atoms with van der Waals surface area (Å²) in [5.41, 5.74) is 14.7. The van der Waals surface area contributed by atoms with Gasteiger partial charge in [-0.15, -0.1) is 11.3 Å². The standard InChI is InChI=1S/C52H36N2S/c1-3-33-12-9-14-35(28-33)37-22-25-48-43(30-37)40-16-5-7-19-46(40)53(48)39-24-27-51-45(32-39)42-18-11-21-50(52(42)55-51)54-47-20-8-6-17-41(47)44-31-38(23-26-49(44)54)36-15-10-13-34(4-2)29-36/h3,5-32H,1,4H2,2H3. The molecule has 0 bridgehead atoms. The van der Waals surface area contributed by atoms with Gasteiger partial charge in [-0.25, -0.2) is 0 Å². The Labute approximate surface area is 323 Å². The van der Waals surface area contributed by atoms with Crippen molar-refractivity contribution >= 4 is 81.2 Å². The molecule has 0 fully saturated rings. The zero-order valence-corrected chi connectivity index (χ0v) is 31.3. The fourth-order valence-electron chi connectivity index (χ4n) is 8.75. The van der Waals surface area contributed by atoms with Crippen LogP contribution in [0.3, 0.4) is 0 Å². The van der Waals surface area contributed by atoms with Gasteiger partial charge in [-0.3, -0.25) is 0 Å². The number of hydrogen-bond donors (Lipinski definition) is 0. The molecule has 0 saturated heterocycles. The summed E-state index contributed by atoms with van der Waals surface area (Å²) in [6.07, 6.45) is 2.94. The smallest absolute Gasteiger partial charge is 0.0640 e. The van der Waals surface area contributed by atoms with E-state index in [9.17, 15) is 0 Å². The van der Waals surface area contributed by atoms with E-state index in [4.69, 9.17) is 0 Å². The molecule has 0 radical (unpaired) electrons. The van der Waals surface area contributed by atoms with Gasteiger partial charge in [-0.05, 0) is 107 Å². The van der Waals surface area contributed by atoms with E-state index < -0.39 is 0 Å². The first-order valence-electron chi connectivity index (χ1n) is 19.0. The predicted octanol–water partition coefficient (Wildman–Crippen LogP) is 14.8.